The molecule has 0 unspecified atom stereocenters. The fourth-order valence-corrected chi connectivity index (χ4v) is 3.59. The Kier molecular flexibility index (Phi) is 6.83. The summed E-state index contributed by atoms with van der Waals surface area (Å²) in [4.78, 5) is 10.1. The number of hydrogen-bond donors (Lipinski definition) is 2. The number of anilines is 1. The molecule has 0 radical (unpaired) electrons. The molecule has 4 nitrogen and oxygen atoms in total. The van der Waals surface area contributed by atoms with E-state index in [-0.39, 0.29) is 24.0 Å². The van der Waals surface area contributed by atoms with Crippen LogP contribution >= 0.6 is 35.3 Å². The highest BCUT2D eigenvalue weighted by molar-refractivity contribution is 14.0. The molecule has 3 N–H and O–H groups in total. The van der Waals surface area contributed by atoms with Crippen molar-refractivity contribution < 1.29 is 0 Å². The lowest BCUT2D eigenvalue weighted by Crippen LogP contribution is -2.23. The summed E-state index contributed by atoms with van der Waals surface area (Å²) in [5.74, 6) is 0.477. The van der Waals surface area contributed by atoms with Crippen LogP contribution in [0.5, 0.6) is 0 Å². The number of nitrogens with two attached hydrogens (primary N) is 1. The summed E-state index contributed by atoms with van der Waals surface area (Å²) in [6.45, 7) is 2.81. The fourth-order valence-electron chi connectivity index (χ4n) is 2.74. The Hall–Kier alpha value is -1.15. The predicted molar refractivity (Wildman–Crippen MR) is 109 cm³/mol. The van der Waals surface area contributed by atoms with E-state index in [0.29, 0.717) is 12.5 Å². The van der Waals surface area contributed by atoms with E-state index in [2.05, 4.69) is 40.4 Å². The lowest BCUT2D eigenvalue weighted by molar-refractivity contribution is 0.912. The summed E-state index contributed by atoms with van der Waals surface area (Å²) in [5, 5.41) is 4.32. The third kappa shape index (κ3) is 4.91. The van der Waals surface area contributed by atoms with Crippen molar-refractivity contribution in [2.45, 2.75) is 39.0 Å². The fraction of sp³-hybridized carbons (Fsp3) is 0.412. The van der Waals surface area contributed by atoms with Crippen molar-refractivity contribution in [2.75, 3.05) is 11.9 Å². The van der Waals surface area contributed by atoms with Crippen LogP contribution in [0.1, 0.15) is 34.4 Å². The van der Waals surface area contributed by atoms with Gasteiger partial charge in [-0.3, -0.25) is 4.99 Å². The molecule has 2 aromatic rings. The predicted octanol–water partition coefficient (Wildman–Crippen LogP) is 3.78. The normalized spacial score (nSPS) is 13.5. The van der Waals surface area contributed by atoms with Crippen LogP contribution in [-0.4, -0.2) is 17.5 Å². The lowest BCUT2D eigenvalue weighted by atomic mass is 10.1. The van der Waals surface area contributed by atoms with Crippen molar-refractivity contribution in [1.29, 1.82) is 0 Å². The van der Waals surface area contributed by atoms with Crippen molar-refractivity contribution in [2.24, 2.45) is 10.7 Å². The van der Waals surface area contributed by atoms with E-state index in [9.17, 15) is 0 Å². The second-order valence-electron chi connectivity index (χ2n) is 5.55. The first-order chi connectivity index (χ1) is 10.7. The standard InChI is InChI=1S/C17H22N4S.HI/c1-2-15-11-20-16(22-15)8-9-19-17(18)21-14-7-6-12-4-3-5-13(12)10-14;/h6-7,10-11H,2-5,8-9H2,1H3,(H3,18,19,21);1H. The van der Waals surface area contributed by atoms with E-state index >= 15 is 0 Å². The van der Waals surface area contributed by atoms with Gasteiger partial charge in [0, 0.05) is 29.7 Å². The average molecular weight is 442 g/mol. The van der Waals surface area contributed by atoms with Gasteiger partial charge in [-0.1, -0.05) is 13.0 Å². The smallest absolute Gasteiger partial charge is 0.193 e. The Morgan fingerprint density at radius 3 is 2.96 bits per heavy atom. The zero-order valence-corrected chi connectivity index (χ0v) is 16.5. The SMILES string of the molecule is CCc1cnc(CCN=C(N)Nc2ccc3c(c2)CCC3)s1.I. The Balaban J connectivity index is 0.00000192. The Bertz CT molecular complexity index is 681. The van der Waals surface area contributed by atoms with Crippen LogP contribution in [0.2, 0.25) is 0 Å². The molecule has 1 aliphatic carbocycles. The molecule has 1 aromatic carbocycles. The van der Waals surface area contributed by atoms with Gasteiger partial charge in [-0.15, -0.1) is 35.3 Å². The largest absolute Gasteiger partial charge is 0.370 e. The van der Waals surface area contributed by atoms with Gasteiger partial charge in [0.05, 0.1) is 5.01 Å². The first kappa shape index (κ1) is 18.2. The van der Waals surface area contributed by atoms with Crippen molar-refractivity contribution >= 4 is 47.0 Å². The number of rotatable bonds is 5. The molecule has 0 saturated carbocycles. The molecule has 6 heteroatoms. The molecule has 23 heavy (non-hydrogen) atoms. The molecular weight excluding hydrogens is 419 g/mol. The molecule has 1 heterocycles. The molecule has 1 aromatic heterocycles. The van der Waals surface area contributed by atoms with Crippen molar-refractivity contribution in [3.63, 3.8) is 0 Å². The Morgan fingerprint density at radius 2 is 2.17 bits per heavy atom. The average Bonchev–Trinajstić information content (AvgIpc) is 3.15. The van der Waals surface area contributed by atoms with Crippen LogP contribution in [0.4, 0.5) is 5.69 Å². The van der Waals surface area contributed by atoms with Gasteiger partial charge in [-0.2, -0.15) is 0 Å². The van der Waals surface area contributed by atoms with Gasteiger partial charge in [-0.25, -0.2) is 4.98 Å². The zero-order valence-electron chi connectivity index (χ0n) is 13.3. The molecule has 1 aliphatic rings. The number of hydrogen-bond acceptors (Lipinski definition) is 3. The number of guanidine groups is 1. The number of nitrogens with one attached hydrogen (secondary N) is 1. The minimum absolute atomic E-state index is 0. The van der Waals surface area contributed by atoms with Gasteiger partial charge < -0.3 is 11.1 Å². The first-order valence-electron chi connectivity index (χ1n) is 7.87. The van der Waals surface area contributed by atoms with E-state index in [1.807, 2.05) is 6.20 Å². The quantitative estimate of drug-likeness (QED) is 0.421. The van der Waals surface area contributed by atoms with Crippen LogP contribution in [-0.2, 0) is 25.7 Å². The summed E-state index contributed by atoms with van der Waals surface area (Å²) in [6.07, 6.45) is 7.48. The Morgan fingerprint density at radius 1 is 1.35 bits per heavy atom. The maximum Gasteiger partial charge on any atom is 0.193 e. The molecule has 0 amide bonds. The van der Waals surface area contributed by atoms with Crippen molar-refractivity contribution in [3.8, 4) is 0 Å². The van der Waals surface area contributed by atoms with Crippen molar-refractivity contribution in [1.82, 2.24) is 4.98 Å². The monoisotopic (exact) mass is 442 g/mol. The molecule has 3 rings (SSSR count). The maximum atomic E-state index is 5.97. The summed E-state index contributed by atoms with van der Waals surface area (Å²) >= 11 is 1.76. The number of benzene rings is 1. The second-order valence-corrected chi connectivity index (χ2v) is 6.75. The molecule has 0 bridgehead atoms. The van der Waals surface area contributed by atoms with E-state index in [4.69, 9.17) is 5.73 Å². The van der Waals surface area contributed by atoms with Crippen LogP contribution in [0, 0.1) is 0 Å². The molecule has 0 fully saturated rings. The van der Waals surface area contributed by atoms with Crippen LogP contribution in [0.15, 0.2) is 29.4 Å². The molecule has 0 aliphatic heterocycles. The first-order valence-corrected chi connectivity index (χ1v) is 8.68. The molecule has 0 saturated heterocycles. The third-order valence-corrected chi connectivity index (χ3v) is 5.13. The zero-order chi connectivity index (χ0) is 15.4. The summed E-state index contributed by atoms with van der Waals surface area (Å²) in [5.41, 5.74) is 9.91. The summed E-state index contributed by atoms with van der Waals surface area (Å²) < 4.78 is 0. The number of nitrogens with zero attached hydrogens (tertiary/aromatic N) is 2. The highest BCUT2D eigenvalue weighted by atomic mass is 127. The van der Waals surface area contributed by atoms with Crippen molar-refractivity contribution in [3.05, 3.63) is 45.4 Å². The van der Waals surface area contributed by atoms with Gasteiger partial charge in [0.2, 0.25) is 0 Å². The van der Waals surface area contributed by atoms with Crippen LogP contribution < -0.4 is 11.1 Å². The van der Waals surface area contributed by atoms with Gasteiger partial charge in [0.15, 0.2) is 5.96 Å². The number of fused-ring (bicyclic) bond motifs is 1. The van der Waals surface area contributed by atoms with E-state index in [1.54, 1.807) is 11.3 Å². The number of halogens is 1. The molecule has 0 atom stereocenters. The highest BCUT2D eigenvalue weighted by Gasteiger charge is 2.10. The van der Waals surface area contributed by atoms with E-state index < -0.39 is 0 Å². The van der Waals surface area contributed by atoms with Crippen LogP contribution in [0.25, 0.3) is 0 Å². The molecule has 124 valence electrons. The van der Waals surface area contributed by atoms with Gasteiger partial charge in [-0.05, 0) is 48.9 Å². The minimum Gasteiger partial charge on any atom is -0.370 e. The van der Waals surface area contributed by atoms with Crippen LogP contribution in [0.3, 0.4) is 0 Å². The second kappa shape index (κ2) is 8.63. The van der Waals surface area contributed by atoms with Gasteiger partial charge >= 0.3 is 0 Å². The highest BCUT2D eigenvalue weighted by Crippen LogP contribution is 2.24. The number of aliphatic imine (C=N–C) groups is 1. The minimum atomic E-state index is 0. The third-order valence-electron chi connectivity index (χ3n) is 3.93. The van der Waals surface area contributed by atoms with E-state index in [0.717, 1.165) is 23.5 Å². The maximum absolute atomic E-state index is 5.97. The summed E-state index contributed by atoms with van der Waals surface area (Å²) in [7, 11) is 0. The Labute approximate surface area is 158 Å². The number of aryl methyl sites for hydroxylation is 3. The molecular formula is C17H23IN4S. The summed E-state index contributed by atoms with van der Waals surface area (Å²) in [6, 6.07) is 6.47. The number of aromatic nitrogens is 1. The van der Waals surface area contributed by atoms with Gasteiger partial charge in [0.25, 0.3) is 0 Å². The number of thiazole rings is 1. The van der Waals surface area contributed by atoms with E-state index in [1.165, 1.54) is 35.3 Å². The molecule has 0 spiro atoms. The van der Waals surface area contributed by atoms with Gasteiger partial charge in [0.1, 0.15) is 0 Å². The lowest BCUT2D eigenvalue weighted by Gasteiger charge is -2.07. The topological polar surface area (TPSA) is 63.3 Å².